The van der Waals surface area contributed by atoms with E-state index in [0.29, 0.717) is 6.04 Å². The predicted octanol–water partition coefficient (Wildman–Crippen LogP) is 4.06. The van der Waals surface area contributed by atoms with Crippen molar-refractivity contribution in [3.05, 3.63) is 40.0 Å². The van der Waals surface area contributed by atoms with Gasteiger partial charge >= 0.3 is 0 Å². The molecule has 2 N–H and O–H groups in total. The first-order chi connectivity index (χ1) is 7.93. The molecule has 0 bridgehead atoms. The third-order valence-corrected chi connectivity index (χ3v) is 3.50. The molecule has 1 atom stereocenters. The van der Waals surface area contributed by atoms with Gasteiger partial charge in [0.1, 0.15) is 0 Å². The van der Waals surface area contributed by atoms with Gasteiger partial charge in [-0.15, -0.1) is 0 Å². The summed E-state index contributed by atoms with van der Waals surface area (Å²) < 4.78 is 0. The number of hydrogen-bond donors (Lipinski definition) is 1. The minimum atomic E-state index is 0.293. The van der Waals surface area contributed by atoms with Crippen LogP contribution in [0.3, 0.4) is 0 Å². The fraction of sp³-hybridized carbons (Fsp3) is 0.500. The molecule has 1 unspecified atom stereocenters. The summed E-state index contributed by atoms with van der Waals surface area (Å²) >= 11 is 0. The number of aryl methyl sites for hydroxylation is 2. The zero-order chi connectivity index (χ0) is 13.0. The molecule has 0 saturated heterocycles. The van der Waals surface area contributed by atoms with Gasteiger partial charge in [-0.05, 0) is 75.3 Å². The maximum Gasteiger partial charge on any atom is 0.00134 e. The van der Waals surface area contributed by atoms with E-state index in [0.717, 1.165) is 12.8 Å². The highest BCUT2D eigenvalue weighted by atomic mass is 14.6. The van der Waals surface area contributed by atoms with E-state index in [1.807, 2.05) is 0 Å². The maximum atomic E-state index is 5.75. The fourth-order valence-electron chi connectivity index (χ4n) is 2.06. The standard InChI is InChI=1S/C16H25N/c1-11-10-12(2)15(5)16(14(11)4)9-7-6-8-13(3)17/h7,9-10,13H,6,8,17H2,1-5H3/b9-7+. The molecule has 17 heavy (non-hydrogen) atoms. The lowest BCUT2D eigenvalue weighted by atomic mass is 9.94. The number of allylic oxidation sites excluding steroid dienone is 1. The van der Waals surface area contributed by atoms with Crippen molar-refractivity contribution in [2.75, 3.05) is 0 Å². The molecule has 0 amide bonds. The van der Waals surface area contributed by atoms with Crippen LogP contribution < -0.4 is 5.73 Å². The summed E-state index contributed by atoms with van der Waals surface area (Å²) in [5.74, 6) is 0. The van der Waals surface area contributed by atoms with E-state index in [4.69, 9.17) is 5.73 Å². The van der Waals surface area contributed by atoms with Gasteiger partial charge in [-0.25, -0.2) is 0 Å². The fourth-order valence-corrected chi connectivity index (χ4v) is 2.06. The van der Waals surface area contributed by atoms with Crippen molar-refractivity contribution in [1.29, 1.82) is 0 Å². The lowest BCUT2D eigenvalue weighted by Crippen LogP contribution is -2.13. The molecule has 0 spiro atoms. The molecule has 0 aliphatic rings. The minimum absolute atomic E-state index is 0.293. The van der Waals surface area contributed by atoms with Crippen LogP contribution in [-0.2, 0) is 0 Å². The summed E-state index contributed by atoms with van der Waals surface area (Å²) in [6.45, 7) is 10.8. The van der Waals surface area contributed by atoms with Crippen molar-refractivity contribution < 1.29 is 0 Å². The van der Waals surface area contributed by atoms with Gasteiger partial charge in [0.25, 0.3) is 0 Å². The highest BCUT2D eigenvalue weighted by molar-refractivity contribution is 5.61. The molecule has 0 heterocycles. The monoisotopic (exact) mass is 231 g/mol. The van der Waals surface area contributed by atoms with Crippen LogP contribution in [0.2, 0.25) is 0 Å². The molecule has 1 aromatic carbocycles. The van der Waals surface area contributed by atoms with Gasteiger partial charge in [0, 0.05) is 6.04 Å². The van der Waals surface area contributed by atoms with Crippen molar-refractivity contribution in [2.24, 2.45) is 5.73 Å². The summed E-state index contributed by atoms with van der Waals surface area (Å²) in [6, 6.07) is 2.56. The molecule has 94 valence electrons. The van der Waals surface area contributed by atoms with Gasteiger partial charge in [-0.2, -0.15) is 0 Å². The molecule has 0 aliphatic carbocycles. The Balaban J connectivity index is 2.90. The van der Waals surface area contributed by atoms with Crippen LogP contribution in [0.15, 0.2) is 12.1 Å². The Morgan fingerprint density at radius 1 is 1.12 bits per heavy atom. The summed E-state index contributed by atoms with van der Waals surface area (Å²) in [6.07, 6.45) is 6.62. The molecule has 1 aromatic rings. The Hall–Kier alpha value is -1.08. The molecule has 0 saturated carbocycles. The first-order valence-electron chi connectivity index (χ1n) is 6.43. The largest absolute Gasteiger partial charge is 0.328 e. The van der Waals surface area contributed by atoms with Gasteiger partial charge in [0.15, 0.2) is 0 Å². The third kappa shape index (κ3) is 3.71. The first kappa shape index (κ1) is 14.0. The number of nitrogens with two attached hydrogens (primary N) is 1. The van der Waals surface area contributed by atoms with Crippen LogP contribution in [0.1, 0.15) is 47.6 Å². The van der Waals surface area contributed by atoms with Crippen molar-refractivity contribution in [3.8, 4) is 0 Å². The van der Waals surface area contributed by atoms with E-state index in [9.17, 15) is 0 Å². The molecule has 0 aromatic heterocycles. The van der Waals surface area contributed by atoms with Crippen molar-refractivity contribution in [1.82, 2.24) is 0 Å². The van der Waals surface area contributed by atoms with Crippen LogP contribution in [0.5, 0.6) is 0 Å². The van der Waals surface area contributed by atoms with Gasteiger partial charge in [0.05, 0.1) is 0 Å². The molecule has 1 rings (SSSR count). The van der Waals surface area contributed by atoms with Gasteiger partial charge < -0.3 is 5.73 Å². The second kappa shape index (κ2) is 6.02. The lowest BCUT2D eigenvalue weighted by molar-refractivity contribution is 0.677. The van der Waals surface area contributed by atoms with E-state index < -0.39 is 0 Å². The SMILES string of the molecule is Cc1cc(C)c(C)c(/C=C/CCC(C)N)c1C. The van der Waals surface area contributed by atoms with Crippen LogP contribution in [-0.4, -0.2) is 6.04 Å². The zero-order valence-electron chi connectivity index (χ0n) is 11.8. The summed E-state index contributed by atoms with van der Waals surface area (Å²) in [7, 11) is 0. The van der Waals surface area contributed by atoms with E-state index >= 15 is 0 Å². The Morgan fingerprint density at radius 2 is 1.65 bits per heavy atom. The van der Waals surface area contributed by atoms with Crippen LogP contribution in [0.4, 0.5) is 0 Å². The average Bonchev–Trinajstić information content (AvgIpc) is 2.25. The lowest BCUT2D eigenvalue weighted by Gasteiger charge is -2.12. The highest BCUT2D eigenvalue weighted by Crippen LogP contribution is 2.23. The van der Waals surface area contributed by atoms with Gasteiger partial charge in [0.2, 0.25) is 0 Å². The average molecular weight is 231 g/mol. The Labute approximate surface area is 106 Å². The summed E-state index contributed by atoms with van der Waals surface area (Å²) in [5.41, 5.74) is 12.7. The first-order valence-corrected chi connectivity index (χ1v) is 6.43. The quantitative estimate of drug-likeness (QED) is 0.831. The zero-order valence-corrected chi connectivity index (χ0v) is 11.8. The second-order valence-electron chi connectivity index (χ2n) is 5.13. The van der Waals surface area contributed by atoms with Crippen molar-refractivity contribution >= 4 is 6.08 Å². The molecule has 0 aliphatic heterocycles. The van der Waals surface area contributed by atoms with Crippen LogP contribution in [0, 0.1) is 27.7 Å². The highest BCUT2D eigenvalue weighted by Gasteiger charge is 2.05. The molecule has 0 fully saturated rings. The number of rotatable bonds is 4. The van der Waals surface area contributed by atoms with Gasteiger partial charge in [-0.1, -0.05) is 18.2 Å². The number of benzene rings is 1. The summed E-state index contributed by atoms with van der Waals surface area (Å²) in [5, 5.41) is 0. The Kier molecular flexibility index (Phi) is 4.95. The third-order valence-electron chi connectivity index (χ3n) is 3.50. The Bertz CT molecular complexity index is 388. The van der Waals surface area contributed by atoms with Crippen molar-refractivity contribution in [2.45, 2.75) is 53.5 Å². The van der Waals surface area contributed by atoms with E-state index in [1.165, 1.54) is 27.8 Å². The summed E-state index contributed by atoms with van der Waals surface area (Å²) in [4.78, 5) is 0. The van der Waals surface area contributed by atoms with Gasteiger partial charge in [-0.3, -0.25) is 0 Å². The topological polar surface area (TPSA) is 26.0 Å². The molecular weight excluding hydrogens is 206 g/mol. The Morgan fingerprint density at radius 3 is 2.12 bits per heavy atom. The smallest absolute Gasteiger partial charge is 0.00134 e. The number of hydrogen-bond acceptors (Lipinski definition) is 1. The van der Waals surface area contributed by atoms with Crippen molar-refractivity contribution in [3.63, 3.8) is 0 Å². The maximum absolute atomic E-state index is 5.75. The van der Waals surface area contributed by atoms with Crippen LogP contribution in [0.25, 0.3) is 6.08 Å². The predicted molar refractivity (Wildman–Crippen MR) is 77.3 cm³/mol. The van der Waals surface area contributed by atoms with E-state index in [1.54, 1.807) is 0 Å². The molecule has 1 heteroatoms. The van der Waals surface area contributed by atoms with E-state index in [-0.39, 0.29) is 0 Å². The molecule has 1 nitrogen and oxygen atoms in total. The minimum Gasteiger partial charge on any atom is -0.328 e. The normalized spacial score (nSPS) is 13.3. The van der Waals surface area contributed by atoms with Crippen LogP contribution >= 0.6 is 0 Å². The van der Waals surface area contributed by atoms with E-state index in [2.05, 4.69) is 52.8 Å². The second-order valence-corrected chi connectivity index (χ2v) is 5.13. The molecular formula is C16H25N. The molecule has 0 radical (unpaired) electrons.